The fourth-order valence-corrected chi connectivity index (χ4v) is 4.97. The molecule has 1 aromatic rings. The first-order valence-electron chi connectivity index (χ1n) is 10.4. The fourth-order valence-electron chi connectivity index (χ4n) is 4.97. The second-order valence-corrected chi connectivity index (χ2v) is 7.80. The summed E-state index contributed by atoms with van der Waals surface area (Å²) in [6.45, 7) is 5.96. The molecule has 1 unspecified atom stereocenters. The molecule has 1 heterocycles. The molecule has 0 amide bonds. The summed E-state index contributed by atoms with van der Waals surface area (Å²) < 4.78 is 0. The Morgan fingerprint density at radius 2 is 1.67 bits per heavy atom. The van der Waals surface area contributed by atoms with Crippen LogP contribution in [0, 0.1) is 5.92 Å². The van der Waals surface area contributed by atoms with E-state index < -0.39 is 0 Å². The lowest BCUT2D eigenvalue weighted by atomic mass is 9.81. The average Bonchev–Trinajstić information content (AvgIpc) is 3.19. The van der Waals surface area contributed by atoms with Crippen molar-refractivity contribution >= 4 is 0 Å². The Morgan fingerprint density at radius 1 is 0.958 bits per heavy atom. The van der Waals surface area contributed by atoms with Crippen molar-refractivity contribution in [2.45, 2.75) is 76.8 Å². The van der Waals surface area contributed by atoms with E-state index >= 15 is 0 Å². The van der Waals surface area contributed by atoms with Crippen LogP contribution >= 0.6 is 0 Å². The molecule has 2 fully saturated rings. The summed E-state index contributed by atoms with van der Waals surface area (Å²) in [7, 11) is 0. The number of likely N-dealkylation sites (tertiary alicyclic amines) is 1. The zero-order chi connectivity index (χ0) is 16.7. The van der Waals surface area contributed by atoms with Crippen LogP contribution in [0.5, 0.6) is 0 Å². The maximum Gasteiger partial charge on any atom is 0.100 e. The maximum atomic E-state index is 4.12. The van der Waals surface area contributed by atoms with Crippen LogP contribution in [0.25, 0.3) is 0 Å². The van der Waals surface area contributed by atoms with E-state index in [1.807, 2.05) is 0 Å². The average molecular weight is 329 g/mol. The lowest BCUT2D eigenvalue weighted by Gasteiger charge is -2.51. The highest BCUT2D eigenvalue weighted by molar-refractivity contribution is 5.26. The summed E-state index contributed by atoms with van der Waals surface area (Å²) >= 11 is 0. The van der Waals surface area contributed by atoms with Gasteiger partial charge < -0.3 is 0 Å². The van der Waals surface area contributed by atoms with Crippen LogP contribution in [0.4, 0.5) is 0 Å². The van der Waals surface area contributed by atoms with Gasteiger partial charge in [-0.3, -0.25) is 10.2 Å². The molecule has 1 aliphatic heterocycles. The number of hydrogen-bond donors (Lipinski definition) is 1. The van der Waals surface area contributed by atoms with E-state index in [0.717, 1.165) is 12.5 Å². The van der Waals surface area contributed by atoms with E-state index in [9.17, 15) is 0 Å². The van der Waals surface area contributed by atoms with Crippen LogP contribution in [-0.4, -0.2) is 24.5 Å². The Hall–Kier alpha value is -0.860. The lowest BCUT2D eigenvalue weighted by molar-refractivity contribution is -0.0166. The van der Waals surface area contributed by atoms with Gasteiger partial charge in [0, 0.05) is 13.1 Å². The number of nitrogens with one attached hydrogen (secondary N) is 1. The molecule has 1 atom stereocenters. The first kappa shape index (κ1) is 17.9. The minimum atomic E-state index is 0.0753. The molecule has 134 valence electrons. The summed E-state index contributed by atoms with van der Waals surface area (Å²) in [5.74, 6) is 0.764. The topological polar surface area (TPSA) is 15.3 Å². The van der Waals surface area contributed by atoms with Crippen molar-refractivity contribution in [1.82, 2.24) is 10.2 Å². The summed E-state index contributed by atoms with van der Waals surface area (Å²) in [6, 6.07) is 11.4. The van der Waals surface area contributed by atoms with E-state index in [1.54, 1.807) is 0 Å². The fraction of sp³-hybridized carbons (Fsp3) is 0.727. The molecule has 1 aromatic carbocycles. The predicted octanol–water partition coefficient (Wildman–Crippen LogP) is 5.30. The first-order chi connectivity index (χ1) is 11.9. The number of hydrogen-bond acceptors (Lipinski definition) is 2. The van der Waals surface area contributed by atoms with Gasteiger partial charge in [-0.05, 0) is 50.1 Å². The molecular formula is C22H36N2. The van der Waals surface area contributed by atoms with Crippen LogP contribution in [0.3, 0.4) is 0 Å². The molecule has 0 spiro atoms. The highest BCUT2D eigenvalue weighted by atomic mass is 15.3. The van der Waals surface area contributed by atoms with Crippen LogP contribution in [0.1, 0.15) is 76.7 Å². The van der Waals surface area contributed by atoms with Crippen molar-refractivity contribution in [1.29, 1.82) is 0 Å². The van der Waals surface area contributed by atoms with E-state index in [1.165, 1.54) is 82.9 Å². The minimum absolute atomic E-state index is 0.0753. The zero-order valence-corrected chi connectivity index (χ0v) is 15.6. The molecule has 1 saturated carbocycles. The largest absolute Gasteiger partial charge is 0.295 e. The summed E-state index contributed by atoms with van der Waals surface area (Å²) in [4.78, 5) is 2.81. The predicted molar refractivity (Wildman–Crippen MR) is 103 cm³/mol. The Morgan fingerprint density at radius 3 is 2.33 bits per heavy atom. The summed E-state index contributed by atoms with van der Waals surface area (Å²) in [6.07, 6.45) is 13.6. The number of benzene rings is 1. The molecule has 1 saturated heterocycles. The second kappa shape index (κ2) is 9.01. The molecule has 1 N–H and O–H groups in total. The number of rotatable bonds is 8. The smallest absolute Gasteiger partial charge is 0.100 e. The molecule has 1 aliphatic carbocycles. The Kier molecular flexibility index (Phi) is 6.74. The van der Waals surface area contributed by atoms with Crippen molar-refractivity contribution in [3.05, 3.63) is 35.9 Å². The van der Waals surface area contributed by atoms with Gasteiger partial charge >= 0.3 is 0 Å². The zero-order valence-electron chi connectivity index (χ0n) is 15.6. The number of nitrogens with zero attached hydrogens (tertiary/aromatic N) is 1. The van der Waals surface area contributed by atoms with Crippen LogP contribution in [0.15, 0.2) is 30.3 Å². The second-order valence-electron chi connectivity index (χ2n) is 7.80. The van der Waals surface area contributed by atoms with E-state index in [0.29, 0.717) is 0 Å². The molecule has 2 aliphatic rings. The van der Waals surface area contributed by atoms with Gasteiger partial charge in [0.1, 0.15) is 5.66 Å². The Bertz CT molecular complexity index is 460. The third kappa shape index (κ3) is 3.86. The van der Waals surface area contributed by atoms with Gasteiger partial charge in [0.2, 0.25) is 0 Å². The Balaban J connectivity index is 1.91. The number of piperidine rings is 1. The molecule has 2 heteroatoms. The maximum absolute atomic E-state index is 4.12. The third-order valence-corrected chi connectivity index (χ3v) is 6.19. The summed E-state index contributed by atoms with van der Waals surface area (Å²) in [5, 5.41) is 4.12. The molecule has 0 radical (unpaired) electrons. The highest BCUT2D eigenvalue weighted by Crippen LogP contribution is 2.44. The van der Waals surface area contributed by atoms with Crippen molar-refractivity contribution in [3.63, 3.8) is 0 Å². The first-order valence-corrected chi connectivity index (χ1v) is 10.4. The van der Waals surface area contributed by atoms with Gasteiger partial charge in [-0.2, -0.15) is 0 Å². The standard InChI is InChI=1S/C22H36N2/c1-2-3-10-17-23-22(21-15-8-9-16-21,20-13-6-4-7-14-20)24-18-11-5-12-19-24/h4,6-7,13-14,21,23H,2-3,5,8-12,15-19H2,1H3. The van der Waals surface area contributed by atoms with Crippen LogP contribution < -0.4 is 5.32 Å². The molecular weight excluding hydrogens is 292 g/mol. The lowest BCUT2D eigenvalue weighted by Crippen LogP contribution is -2.61. The molecule has 0 aromatic heterocycles. The van der Waals surface area contributed by atoms with Gasteiger partial charge in [-0.15, -0.1) is 0 Å². The third-order valence-electron chi connectivity index (χ3n) is 6.19. The normalized spacial score (nSPS) is 22.5. The molecule has 3 rings (SSSR count). The van der Waals surface area contributed by atoms with E-state index in [-0.39, 0.29) is 5.66 Å². The van der Waals surface area contributed by atoms with Crippen LogP contribution in [-0.2, 0) is 5.66 Å². The van der Waals surface area contributed by atoms with Gasteiger partial charge in [0.05, 0.1) is 0 Å². The monoisotopic (exact) mass is 328 g/mol. The molecule has 0 bridgehead atoms. The van der Waals surface area contributed by atoms with Gasteiger partial charge in [0.25, 0.3) is 0 Å². The minimum Gasteiger partial charge on any atom is -0.295 e. The van der Waals surface area contributed by atoms with Crippen molar-refractivity contribution in [3.8, 4) is 0 Å². The highest BCUT2D eigenvalue weighted by Gasteiger charge is 2.45. The van der Waals surface area contributed by atoms with E-state index in [2.05, 4.69) is 47.5 Å². The van der Waals surface area contributed by atoms with Crippen molar-refractivity contribution < 1.29 is 0 Å². The SMILES string of the molecule is CCCCCNC(c1ccccc1)(C1CCCC1)N1CCCCC1. The number of unbranched alkanes of at least 4 members (excludes halogenated alkanes) is 2. The Labute approximate surface area is 149 Å². The van der Waals surface area contributed by atoms with Gasteiger partial charge in [-0.25, -0.2) is 0 Å². The van der Waals surface area contributed by atoms with E-state index in [4.69, 9.17) is 0 Å². The van der Waals surface area contributed by atoms with Gasteiger partial charge in [0.15, 0.2) is 0 Å². The van der Waals surface area contributed by atoms with Crippen molar-refractivity contribution in [2.75, 3.05) is 19.6 Å². The van der Waals surface area contributed by atoms with Gasteiger partial charge in [-0.1, -0.05) is 69.4 Å². The van der Waals surface area contributed by atoms with Crippen LogP contribution in [0.2, 0.25) is 0 Å². The molecule has 2 nitrogen and oxygen atoms in total. The van der Waals surface area contributed by atoms with Crippen molar-refractivity contribution in [2.24, 2.45) is 5.92 Å². The quantitative estimate of drug-likeness (QED) is 0.652. The summed E-state index contributed by atoms with van der Waals surface area (Å²) in [5.41, 5.74) is 1.58. The molecule has 24 heavy (non-hydrogen) atoms.